The second kappa shape index (κ2) is 11.8. The van der Waals surface area contributed by atoms with Crippen molar-refractivity contribution in [2.24, 2.45) is 0 Å². The molecule has 1 fully saturated rings. The van der Waals surface area contributed by atoms with Crippen molar-refractivity contribution in [1.82, 2.24) is 4.90 Å². The van der Waals surface area contributed by atoms with Crippen LogP contribution in [0.15, 0.2) is 78.9 Å². The molecule has 4 rings (SSSR count). The van der Waals surface area contributed by atoms with E-state index in [-0.39, 0.29) is 31.1 Å². The van der Waals surface area contributed by atoms with E-state index in [0.29, 0.717) is 6.42 Å². The molecule has 1 aliphatic rings. The van der Waals surface area contributed by atoms with Gasteiger partial charge in [0.1, 0.15) is 30.9 Å². The lowest BCUT2D eigenvalue weighted by molar-refractivity contribution is -0.149. The number of aliphatic hydroxyl groups is 1. The van der Waals surface area contributed by atoms with Crippen molar-refractivity contribution in [2.45, 2.75) is 38.2 Å². The molecule has 1 aliphatic heterocycles. The summed E-state index contributed by atoms with van der Waals surface area (Å²) in [7, 11) is 0. The van der Waals surface area contributed by atoms with Gasteiger partial charge in [0.25, 0.3) is 5.91 Å². The third-order valence-corrected chi connectivity index (χ3v) is 5.93. The van der Waals surface area contributed by atoms with Gasteiger partial charge in [-0.3, -0.25) is 4.79 Å². The van der Waals surface area contributed by atoms with E-state index >= 15 is 0 Å². The summed E-state index contributed by atoms with van der Waals surface area (Å²) in [4.78, 5) is 26.8. The van der Waals surface area contributed by atoms with Crippen LogP contribution in [0.25, 0.3) is 0 Å². The van der Waals surface area contributed by atoms with Crippen LogP contribution in [0.4, 0.5) is 9.18 Å². The summed E-state index contributed by atoms with van der Waals surface area (Å²) < 4.78 is 31.3. The summed E-state index contributed by atoms with van der Waals surface area (Å²) in [5.41, 5.74) is 1.71. The lowest BCUT2D eigenvalue weighted by Crippen LogP contribution is -2.48. The van der Waals surface area contributed by atoms with Gasteiger partial charge in [-0.25, -0.2) is 14.1 Å². The maximum atomic E-state index is 15.0. The quantitative estimate of drug-likeness (QED) is 0.450. The van der Waals surface area contributed by atoms with Gasteiger partial charge in [-0.05, 0) is 36.6 Å². The summed E-state index contributed by atoms with van der Waals surface area (Å²) in [5, 5.41) is 11.0. The molecule has 3 aromatic rings. The number of nitrogens with zero attached hydrogens (tertiary/aromatic N) is 1. The number of rotatable bonds is 10. The van der Waals surface area contributed by atoms with Crippen molar-refractivity contribution < 1.29 is 33.3 Å². The highest BCUT2D eigenvalue weighted by molar-refractivity contribution is 5.96. The maximum absolute atomic E-state index is 15.0. The molecule has 7 nitrogen and oxygen atoms in total. The Morgan fingerprint density at radius 1 is 1.08 bits per heavy atom. The molecule has 0 aromatic heterocycles. The van der Waals surface area contributed by atoms with E-state index in [1.165, 1.54) is 12.1 Å². The van der Waals surface area contributed by atoms with Crippen LogP contribution in [0.1, 0.15) is 29.7 Å². The highest BCUT2D eigenvalue weighted by atomic mass is 19.1. The van der Waals surface area contributed by atoms with Gasteiger partial charge in [-0.1, -0.05) is 60.7 Å². The zero-order chi connectivity index (χ0) is 25.5. The lowest BCUT2D eigenvalue weighted by Gasteiger charge is -2.28. The fraction of sp³-hybridized carbons (Fsp3) is 0.286. The summed E-state index contributed by atoms with van der Waals surface area (Å²) in [6.45, 7) is 1.99. The first kappa shape index (κ1) is 25.3. The molecule has 8 heteroatoms. The third-order valence-electron chi connectivity index (χ3n) is 5.93. The van der Waals surface area contributed by atoms with Gasteiger partial charge in [0.2, 0.25) is 0 Å². The normalized spacial score (nSPS) is 16.9. The van der Waals surface area contributed by atoms with Crippen molar-refractivity contribution in [3.8, 4) is 5.75 Å². The van der Waals surface area contributed by atoms with Crippen molar-refractivity contribution in [2.75, 3.05) is 13.2 Å². The Balaban J connectivity index is 1.49. The Labute approximate surface area is 209 Å². The second-order valence-corrected chi connectivity index (χ2v) is 8.41. The highest BCUT2D eigenvalue weighted by Gasteiger charge is 2.44. The number of halogens is 1. The van der Waals surface area contributed by atoms with Crippen LogP contribution in [-0.2, 0) is 27.3 Å². The minimum atomic E-state index is -1.65. The Hall–Kier alpha value is -3.75. The first-order valence-corrected chi connectivity index (χ1v) is 11.8. The van der Waals surface area contributed by atoms with Crippen LogP contribution < -0.4 is 4.74 Å². The predicted molar refractivity (Wildman–Crippen MR) is 130 cm³/mol. The number of amides is 2. The molecule has 0 unspecified atom stereocenters. The van der Waals surface area contributed by atoms with E-state index in [1.54, 1.807) is 6.92 Å². The van der Waals surface area contributed by atoms with Crippen LogP contribution in [-0.4, -0.2) is 47.4 Å². The van der Waals surface area contributed by atoms with Gasteiger partial charge in [0.05, 0.1) is 6.04 Å². The summed E-state index contributed by atoms with van der Waals surface area (Å²) in [6.07, 6.45) is -3.58. The smallest absolute Gasteiger partial charge is 0.417 e. The van der Waals surface area contributed by atoms with Crippen molar-refractivity contribution in [3.63, 3.8) is 0 Å². The predicted octanol–water partition coefficient (Wildman–Crippen LogP) is 4.43. The number of imide groups is 1. The Bertz CT molecular complexity index is 1170. The van der Waals surface area contributed by atoms with Crippen molar-refractivity contribution in [3.05, 3.63) is 101 Å². The van der Waals surface area contributed by atoms with Gasteiger partial charge in [-0.2, -0.15) is 0 Å². The van der Waals surface area contributed by atoms with Crippen molar-refractivity contribution >= 4 is 12.0 Å². The Kier molecular flexibility index (Phi) is 8.30. The summed E-state index contributed by atoms with van der Waals surface area (Å²) >= 11 is 0. The van der Waals surface area contributed by atoms with Crippen LogP contribution in [0.3, 0.4) is 0 Å². The molecule has 3 aromatic carbocycles. The van der Waals surface area contributed by atoms with Gasteiger partial charge in [0.15, 0.2) is 6.10 Å². The van der Waals surface area contributed by atoms with Gasteiger partial charge in [-0.15, -0.1) is 0 Å². The average Bonchev–Trinajstić information content (AvgIpc) is 3.26. The van der Waals surface area contributed by atoms with E-state index < -0.39 is 36.1 Å². The zero-order valence-electron chi connectivity index (χ0n) is 19.9. The van der Waals surface area contributed by atoms with E-state index in [2.05, 4.69) is 0 Å². The molecular weight excluding hydrogens is 465 g/mol. The molecule has 0 spiro atoms. The molecule has 0 bridgehead atoms. The monoisotopic (exact) mass is 493 g/mol. The van der Waals surface area contributed by atoms with Gasteiger partial charge in [0, 0.05) is 18.2 Å². The van der Waals surface area contributed by atoms with E-state index in [0.717, 1.165) is 22.1 Å². The molecule has 1 heterocycles. The van der Waals surface area contributed by atoms with Gasteiger partial charge < -0.3 is 19.3 Å². The lowest BCUT2D eigenvalue weighted by atomic mass is 10.0. The number of cyclic esters (lactones) is 1. The standard InChI is InChI=1S/C28H28FNO6/c1-2-34-26(27(32)30-21(18-36-28(30)33)15-19-9-5-3-6-10-19)25(31)23-14-13-22(16-24(23)29)35-17-20-11-7-4-8-12-20/h3-14,16,21,25-26,31H,2,15,17-18H2,1H3/t21-,25-,26-/m0/s1. The Morgan fingerprint density at radius 3 is 2.39 bits per heavy atom. The van der Waals surface area contributed by atoms with Crippen LogP contribution in [0.2, 0.25) is 0 Å². The minimum absolute atomic E-state index is 0.0240. The zero-order valence-corrected chi connectivity index (χ0v) is 19.9. The first-order chi connectivity index (χ1) is 17.5. The molecule has 0 saturated carbocycles. The molecule has 0 radical (unpaired) electrons. The minimum Gasteiger partial charge on any atom is -0.489 e. The largest absolute Gasteiger partial charge is 0.489 e. The fourth-order valence-corrected chi connectivity index (χ4v) is 4.12. The third kappa shape index (κ3) is 5.90. The fourth-order valence-electron chi connectivity index (χ4n) is 4.12. The van der Waals surface area contributed by atoms with E-state index in [4.69, 9.17) is 14.2 Å². The highest BCUT2D eigenvalue weighted by Crippen LogP contribution is 2.29. The molecule has 188 valence electrons. The number of aliphatic hydroxyl groups excluding tert-OH is 1. The van der Waals surface area contributed by atoms with E-state index in [1.807, 2.05) is 60.7 Å². The molecule has 1 N–H and O–H groups in total. The second-order valence-electron chi connectivity index (χ2n) is 8.41. The van der Waals surface area contributed by atoms with Crippen LogP contribution >= 0.6 is 0 Å². The number of carbonyl (C=O) groups is 2. The molecule has 0 aliphatic carbocycles. The molecule has 1 saturated heterocycles. The number of ether oxygens (including phenoxy) is 3. The average molecular weight is 494 g/mol. The SMILES string of the molecule is CCO[C@H](C(=O)N1C(=O)OC[C@@H]1Cc1ccccc1)[C@@H](O)c1ccc(OCc2ccccc2)cc1F. The number of hydrogen-bond donors (Lipinski definition) is 1. The van der Waals surface area contributed by atoms with Crippen molar-refractivity contribution in [1.29, 1.82) is 0 Å². The maximum Gasteiger partial charge on any atom is 0.417 e. The summed E-state index contributed by atoms with van der Waals surface area (Å²) in [5.74, 6) is -1.26. The van der Waals surface area contributed by atoms with Gasteiger partial charge >= 0.3 is 6.09 Å². The van der Waals surface area contributed by atoms with Crippen LogP contribution in [0, 0.1) is 5.82 Å². The van der Waals surface area contributed by atoms with Crippen LogP contribution in [0.5, 0.6) is 5.75 Å². The molecule has 36 heavy (non-hydrogen) atoms. The Morgan fingerprint density at radius 2 is 1.75 bits per heavy atom. The molecular formula is C28H28FNO6. The number of hydrogen-bond acceptors (Lipinski definition) is 6. The first-order valence-electron chi connectivity index (χ1n) is 11.8. The summed E-state index contributed by atoms with van der Waals surface area (Å²) in [6, 6.07) is 22.2. The molecule has 2 amide bonds. The number of benzene rings is 3. The van der Waals surface area contributed by atoms with E-state index in [9.17, 15) is 19.1 Å². The molecule has 3 atom stereocenters. The number of carbonyl (C=O) groups excluding carboxylic acids is 2. The topological polar surface area (TPSA) is 85.3 Å².